The lowest BCUT2D eigenvalue weighted by Crippen LogP contribution is -2.12. The van der Waals surface area contributed by atoms with E-state index in [2.05, 4.69) is 20.8 Å². The number of esters is 1. The first-order valence-electron chi connectivity index (χ1n) is 4.70. The molecule has 0 aromatic carbocycles. The van der Waals surface area contributed by atoms with Crippen molar-refractivity contribution >= 4 is 17.3 Å². The summed E-state index contributed by atoms with van der Waals surface area (Å²) in [5.41, 5.74) is 0.218. The third kappa shape index (κ3) is 3.92. The molecule has 0 saturated carbocycles. The topological polar surface area (TPSA) is 26.3 Å². The summed E-state index contributed by atoms with van der Waals surface area (Å²) in [5, 5.41) is 1.88. The Morgan fingerprint density at radius 2 is 2.21 bits per heavy atom. The van der Waals surface area contributed by atoms with Gasteiger partial charge in [-0.3, -0.25) is 0 Å². The Kier molecular flexibility index (Phi) is 3.69. The lowest BCUT2D eigenvalue weighted by molar-refractivity contribution is 0.0470. The van der Waals surface area contributed by atoms with Gasteiger partial charge < -0.3 is 4.74 Å². The second-order valence-electron chi connectivity index (χ2n) is 4.42. The first-order chi connectivity index (χ1) is 6.49. The van der Waals surface area contributed by atoms with E-state index in [9.17, 15) is 4.79 Å². The first kappa shape index (κ1) is 11.2. The predicted molar refractivity (Wildman–Crippen MR) is 58.7 cm³/mol. The Bertz CT molecular complexity index is 283. The quantitative estimate of drug-likeness (QED) is 0.718. The van der Waals surface area contributed by atoms with Crippen LogP contribution in [0.3, 0.4) is 0 Å². The molecule has 0 aliphatic rings. The molecule has 14 heavy (non-hydrogen) atoms. The zero-order chi connectivity index (χ0) is 10.6. The summed E-state index contributed by atoms with van der Waals surface area (Å²) >= 11 is 1.41. The van der Waals surface area contributed by atoms with E-state index in [0.29, 0.717) is 11.5 Å². The maximum Gasteiger partial charge on any atom is 0.348 e. The first-order valence-corrected chi connectivity index (χ1v) is 5.58. The van der Waals surface area contributed by atoms with E-state index in [1.54, 1.807) is 6.07 Å². The summed E-state index contributed by atoms with van der Waals surface area (Å²) in [7, 11) is 0. The Hall–Kier alpha value is -0.830. The van der Waals surface area contributed by atoms with Crippen molar-refractivity contribution in [3.63, 3.8) is 0 Å². The monoisotopic (exact) mass is 212 g/mol. The van der Waals surface area contributed by atoms with E-state index < -0.39 is 0 Å². The minimum atomic E-state index is -0.204. The molecule has 0 saturated heterocycles. The van der Waals surface area contributed by atoms with Gasteiger partial charge in [-0.1, -0.05) is 26.8 Å². The molecule has 0 bridgehead atoms. The molecular formula is C11H16O2S. The normalized spacial score (nSPS) is 11.4. The SMILES string of the molecule is CC(C)(C)CCOC(=O)c1cccs1. The van der Waals surface area contributed by atoms with Gasteiger partial charge in [0.15, 0.2) is 0 Å². The third-order valence-corrected chi connectivity index (χ3v) is 2.66. The summed E-state index contributed by atoms with van der Waals surface area (Å²) in [6.45, 7) is 6.89. The number of ether oxygens (including phenoxy) is 1. The number of carbonyl (C=O) groups is 1. The number of hydrogen-bond donors (Lipinski definition) is 0. The van der Waals surface area contributed by atoms with E-state index >= 15 is 0 Å². The van der Waals surface area contributed by atoms with E-state index in [1.165, 1.54) is 11.3 Å². The molecule has 0 atom stereocenters. The van der Waals surface area contributed by atoms with Crippen molar-refractivity contribution < 1.29 is 9.53 Å². The molecule has 78 valence electrons. The highest BCUT2D eigenvalue weighted by Gasteiger charge is 2.12. The van der Waals surface area contributed by atoms with Crippen LogP contribution in [0.2, 0.25) is 0 Å². The van der Waals surface area contributed by atoms with Crippen molar-refractivity contribution in [2.24, 2.45) is 5.41 Å². The molecule has 1 aromatic rings. The van der Waals surface area contributed by atoms with Gasteiger partial charge in [0.05, 0.1) is 6.61 Å². The average molecular weight is 212 g/mol. The van der Waals surface area contributed by atoms with Gasteiger partial charge >= 0.3 is 5.97 Å². The third-order valence-electron chi connectivity index (χ3n) is 1.81. The van der Waals surface area contributed by atoms with Gasteiger partial charge in [0.25, 0.3) is 0 Å². The second-order valence-corrected chi connectivity index (χ2v) is 5.37. The van der Waals surface area contributed by atoms with Crippen molar-refractivity contribution in [1.29, 1.82) is 0 Å². The highest BCUT2D eigenvalue weighted by atomic mass is 32.1. The summed E-state index contributed by atoms with van der Waals surface area (Å²) in [4.78, 5) is 12.1. The summed E-state index contributed by atoms with van der Waals surface area (Å²) in [6, 6.07) is 3.63. The molecule has 1 aromatic heterocycles. The zero-order valence-electron chi connectivity index (χ0n) is 8.87. The maximum atomic E-state index is 11.4. The van der Waals surface area contributed by atoms with Crippen molar-refractivity contribution in [3.8, 4) is 0 Å². The van der Waals surface area contributed by atoms with Crippen LogP contribution in [0.1, 0.15) is 36.9 Å². The van der Waals surface area contributed by atoms with Gasteiger partial charge in [-0.05, 0) is 23.3 Å². The van der Waals surface area contributed by atoms with E-state index in [4.69, 9.17) is 4.74 Å². The molecule has 0 aliphatic carbocycles. The molecule has 0 fully saturated rings. The minimum Gasteiger partial charge on any atom is -0.461 e. The van der Waals surface area contributed by atoms with Gasteiger partial charge in [-0.15, -0.1) is 11.3 Å². The van der Waals surface area contributed by atoms with Gasteiger partial charge in [-0.2, -0.15) is 0 Å². The largest absolute Gasteiger partial charge is 0.461 e. The Balaban J connectivity index is 2.30. The molecule has 0 radical (unpaired) electrons. The molecular weight excluding hydrogens is 196 g/mol. The Labute approximate surface area is 88.9 Å². The summed E-state index contributed by atoms with van der Waals surface area (Å²) < 4.78 is 5.13. The minimum absolute atomic E-state index is 0.204. The molecule has 0 N–H and O–H groups in total. The average Bonchev–Trinajstić information content (AvgIpc) is 2.53. The van der Waals surface area contributed by atoms with Crippen LogP contribution in [0.5, 0.6) is 0 Å². The number of hydrogen-bond acceptors (Lipinski definition) is 3. The maximum absolute atomic E-state index is 11.4. The molecule has 0 amide bonds. The van der Waals surface area contributed by atoms with Crippen LogP contribution in [-0.4, -0.2) is 12.6 Å². The van der Waals surface area contributed by atoms with Gasteiger partial charge in [-0.25, -0.2) is 4.79 Å². The van der Waals surface area contributed by atoms with E-state index in [0.717, 1.165) is 6.42 Å². The van der Waals surface area contributed by atoms with Crippen LogP contribution >= 0.6 is 11.3 Å². The van der Waals surface area contributed by atoms with Crippen molar-refractivity contribution in [1.82, 2.24) is 0 Å². The second kappa shape index (κ2) is 4.60. The van der Waals surface area contributed by atoms with Gasteiger partial charge in [0.1, 0.15) is 4.88 Å². The molecule has 3 heteroatoms. The van der Waals surface area contributed by atoms with Crippen molar-refractivity contribution in [2.45, 2.75) is 27.2 Å². The summed E-state index contributed by atoms with van der Waals surface area (Å²) in [5.74, 6) is -0.204. The highest BCUT2D eigenvalue weighted by Crippen LogP contribution is 2.18. The van der Waals surface area contributed by atoms with Gasteiger partial charge in [0.2, 0.25) is 0 Å². The van der Waals surface area contributed by atoms with Gasteiger partial charge in [0, 0.05) is 0 Å². The van der Waals surface area contributed by atoms with Crippen molar-refractivity contribution in [2.75, 3.05) is 6.61 Å². The van der Waals surface area contributed by atoms with Crippen LogP contribution in [0, 0.1) is 5.41 Å². The summed E-state index contributed by atoms with van der Waals surface area (Å²) in [6.07, 6.45) is 0.893. The number of carbonyl (C=O) groups excluding carboxylic acids is 1. The molecule has 0 spiro atoms. The standard InChI is InChI=1S/C11H16O2S/c1-11(2,3)6-7-13-10(12)9-5-4-8-14-9/h4-5,8H,6-7H2,1-3H3. The molecule has 0 aliphatic heterocycles. The highest BCUT2D eigenvalue weighted by molar-refractivity contribution is 7.11. The van der Waals surface area contributed by atoms with Crippen LogP contribution in [-0.2, 0) is 4.74 Å². The Morgan fingerprint density at radius 1 is 1.50 bits per heavy atom. The number of thiophene rings is 1. The van der Waals surface area contributed by atoms with E-state index in [-0.39, 0.29) is 11.4 Å². The molecule has 1 rings (SSSR count). The van der Waals surface area contributed by atoms with E-state index in [1.807, 2.05) is 11.4 Å². The fourth-order valence-corrected chi connectivity index (χ4v) is 1.53. The van der Waals surface area contributed by atoms with Crippen molar-refractivity contribution in [3.05, 3.63) is 22.4 Å². The number of rotatable bonds is 3. The van der Waals surface area contributed by atoms with Crippen LogP contribution < -0.4 is 0 Å². The predicted octanol–water partition coefficient (Wildman–Crippen LogP) is 3.34. The lowest BCUT2D eigenvalue weighted by atomic mass is 9.93. The fraction of sp³-hybridized carbons (Fsp3) is 0.545. The Morgan fingerprint density at radius 3 is 2.71 bits per heavy atom. The molecule has 1 heterocycles. The molecule has 2 nitrogen and oxygen atoms in total. The zero-order valence-corrected chi connectivity index (χ0v) is 9.69. The molecule has 0 unspecified atom stereocenters. The fourth-order valence-electron chi connectivity index (χ4n) is 0.916. The lowest BCUT2D eigenvalue weighted by Gasteiger charge is -2.17. The smallest absolute Gasteiger partial charge is 0.348 e. The van der Waals surface area contributed by atoms with Crippen LogP contribution in [0.15, 0.2) is 17.5 Å². The van der Waals surface area contributed by atoms with Crippen LogP contribution in [0.4, 0.5) is 0 Å². The van der Waals surface area contributed by atoms with Crippen LogP contribution in [0.25, 0.3) is 0 Å².